The van der Waals surface area contributed by atoms with Gasteiger partial charge in [-0.1, -0.05) is 0 Å². The van der Waals surface area contributed by atoms with Gasteiger partial charge in [0.2, 0.25) is 5.91 Å². The Hall–Kier alpha value is -1.18. The Bertz CT molecular complexity index is 563. The molecule has 8 heteroatoms. The lowest BCUT2D eigenvalue weighted by molar-refractivity contribution is -0.143. The van der Waals surface area contributed by atoms with Crippen molar-refractivity contribution in [2.24, 2.45) is 0 Å². The van der Waals surface area contributed by atoms with Gasteiger partial charge in [0, 0.05) is 30.1 Å². The number of aromatic nitrogens is 2. The molecule has 1 atom stereocenters. The summed E-state index contributed by atoms with van der Waals surface area (Å²) in [5, 5.41) is 3.98. The van der Waals surface area contributed by atoms with E-state index >= 15 is 0 Å². The zero-order valence-corrected chi connectivity index (χ0v) is 14.4. The summed E-state index contributed by atoms with van der Waals surface area (Å²) in [7, 11) is 0. The van der Waals surface area contributed by atoms with Crippen LogP contribution in [0.1, 0.15) is 36.2 Å². The minimum absolute atomic E-state index is 0.0229. The molecule has 1 aliphatic heterocycles. The summed E-state index contributed by atoms with van der Waals surface area (Å²) in [5.41, 5.74) is 1.54. The van der Waals surface area contributed by atoms with Crippen LogP contribution in [-0.2, 0) is 11.3 Å². The third-order valence-electron chi connectivity index (χ3n) is 4.10. The number of alkyl halides is 3. The SMILES string of the molecule is Cc1nn(CC(F)(F)F)c(C)c1C(C)C(=O)N1CCCSCC1. The Morgan fingerprint density at radius 3 is 2.65 bits per heavy atom. The molecule has 0 aliphatic carbocycles. The van der Waals surface area contributed by atoms with E-state index in [9.17, 15) is 18.0 Å². The van der Waals surface area contributed by atoms with Gasteiger partial charge in [-0.25, -0.2) is 0 Å². The molecule has 0 spiro atoms. The number of carbonyl (C=O) groups is 1. The highest BCUT2D eigenvalue weighted by molar-refractivity contribution is 7.99. The molecule has 1 aliphatic rings. The molecule has 0 N–H and O–H groups in total. The zero-order chi connectivity index (χ0) is 17.2. The number of carbonyl (C=O) groups excluding carboxylic acids is 1. The molecular weight excluding hydrogens is 327 g/mol. The molecule has 130 valence electrons. The van der Waals surface area contributed by atoms with Crippen LogP contribution >= 0.6 is 11.8 Å². The fourth-order valence-electron chi connectivity index (χ4n) is 3.03. The predicted octanol–water partition coefficient (Wildman–Crippen LogP) is 3.13. The monoisotopic (exact) mass is 349 g/mol. The fourth-order valence-corrected chi connectivity index (χ4v) is 3.91. The summed E-state index contributed by atoms with van der Waals surface area (Å²) >= 11 is 1.83. The molecule has 1 fully saturated rings. The normalized spacial score (nSPS) is 17.9. The van der Waals surface area contributed by atoms with Crippen molar-refractivity contribution >= 4 is 17.7 Å². The van der Waals surface area contributed by atoms with Crippen molar-refractivity contribution in [3.63, 3.8) is 0 Å². The molecule has 1 aromatic rings. The van der Waals surface area contributed by atoms with Crippen LogP contribution in [-0.4, -0.2) is 51.4 Å². The van der Waals surface area contributed by atoms with Crippen LogP contribution in [0.3, 0.4) is 0 Å². The summed E-state index contributed by atoms with van der Waals surface area (Å²) in [6.45, 7) is 5.31. The van der Waals surface area contributed by atoms with Gasteiger partial charge in [-0.2, -0.15) is 30.0 Å². The summed E-state index contributed by atoms with van der Waals surface area (Å²) in [6, 6.07) is 0. The highest BCUT2D eigenvalue weighted by Crippen LogP contribution is 2.28. The summed E-state index contributed by atoms with van der Waals surface area (Å²) < 4.78 is 38.8. The maximum absolute atomic E-state index is 12.7. The van der Waals surface area contributed by atoms with Crippen LogP contribution in [0.4, 0.5) is 13.2 Å². The van der Waals surface area contributed by atoms with Crippen LogP contribution < -0.4 is 0 Å². The van der Waals surface area contributed by atoms with Crippen LogP contribution in [0.15, 0.2) is 0 Å². The van der Waals surface area contributed by atoms with E-state index in [-0.39, 0.29) is 5.91 Å². The van der Waals surface area contributed by atoms with Crippen molar-refractivity contribution in [3.8, 4) is 0 Å². The van der Waals surface area contributed by atoms with Gasteiger partial charge >= 0.3 is 6.18 Å². The lowest BCUT2D eigenvalue weighted by atomic mass is 9.97. The van der Waals surface area contributed by atoms with E-state index in [1.54, 1.807) is 20.8 Å². The van der Waals surface area contributed by atoms with Crippen molar-refractivity contribution in [1.29, 1.82) is 0 Å². The number of amides is 1. The molecule has 0 aromatic carbocycles. The van der Waals surface area contributed by atoms with Crippen LogP contribution in [0.25, 0.3) is 0 Å². The first-order chi connectivity index (χ1) is 10.7. The Labute approximate surface area is 138 Å². The van der Waals surface area contributed by atoms with E-state index in [0.717, 1.165) is 22.6 Å². The van der Waals surface area contributed by atoms with Crippen molar-refractivity contribution < 1.29 is 18.0 Å². The minimum atomic E-state index is -4.32. The average molecular weight is 349 g/mol. The van der Waals surface area contributed by atoms with Gasteiger partial charge in [0.15, 0.2) is 0 Å². The predicted molar refractivity (Wildman–Crippen MR) is 84.7 cm³/mol. The zero-order valence-electron chi connectivity index (χ0n) is 13.6. The smallest absolute Gasteiger partial charge is 0.341 e. The largest absolute Gasteiger partial charge is 0.408 e. The van der Waals surface area contributed by atoms with E-state index in [2.05, 4.69) is 5.10 Å². The topological polar surface area (TPSA) is 38.1 Å². The molecule has 0 radical (unpaired) electrons. The summed E-state index contributed by atoms with van der Waals surface area (Å²) in [4.78, 5) is 14.5. The highest BCUT2D eigenvalue weighted by atomic mass is 32.2. The first kappa shape index (κ1) is 18.2. The number of halogens is 3. The standard InChI is InChI=1S/C15H22F3N3OS/c1-10(14(22)20-5-4-7-23-8-6-20)13-11(2)19-21(12(13)3)9-15(16,17)18/h10H,4-9H2,1-3H3. The van der Waals surface area contributed by atoms with Crippen molar-refractivity contribution in [3.05, 3.63) is 17.0 Å². The number of hydrogen-bond acceptors (Lipinski definition) is 3. The van der Waals surface area contributed by atoms with Gasteiger partial charge in [0.25, 0.3) is 0 Å². The maximum atomic E-state index is 12.7. The van der Waals surface area contributed by atoms with E-state index in [0.29, 0.717) is 30.0 Å². The Kier molecular flexibility index (Phi) is 5.65. The molecule has 2 rings (SSSR count). The maximum Gasteiger partial charge on any atom is 0.408 e. The highest BCUT2D eigenvalue weighted by Gasteiger charge is 2.32. The van der Waals surface area contributed by atoms with Gasteiger partial charge in [-0.15, -0.1) is 0 Å². The summed E-state index contributed by atoms with van der Waals surface area (Å²) in [6.07, 6.45) is -3.37. The lowest BCUT2D eigenvalue weighted by Crippen LogP contribution is -2.36. The van der Waals surface area contributed by atoms with Crippen molar-refractivity contribution in [2.45, 2.75) is 45.8 Å². The molecule has 0 saturated carbocycles. The number of rotatable bonds is 3. The summed E-state index contributed by atoms with van der Waals surface area (Å²) in [5.74, 6) is 1.45. The second-order valence-corrected chi connectivity index (χ2v) is 7.09. The van der Waals surface area contributed by atoms with Crippen LogP contribution in [0, 0.1) is 13.8 Å². The fraction of sp³-hybridized carbons (Fsp3) is 0.733. The Balaban J connectivity index is 2.21. The Morgan fingerprint density at radius 2 is 2.00 bits per heavy atom. The third-order valence-corrected chi connectivity index (χ3v) is 5.15. The quantitative estimate of drug-likeness (QED) is 0.841. The van der Waals surface area contributed by atoms with Gasteiger partial charge in [0.1, 0.15) is 6.54 Å². The molecule has 1 aromatic heterocycles. The van der Waals surface area contributed by atoms with Crippen molar-refractivity contribution in [2.75, 3.05) is 24.6 Å². The number of hydrogen-bond donors (Lipinski definition) is 0. The second kappa shape index (κ2) is 7.15. The van der Waals surface area contributed by atoms with Crippen LogP contribution in [0.2, 0.25) is 0 Å². The molecular formula is C15H22F3N3OS. The van der Waals surface area contributed by atoms with Crippen LogP contribution in [0.5, 0.6) is 0 Å². The molecule has 1 saturated heterocycles. The lowest BCUT2D eigenvalue weighted by Gasteiger charge is -2.24. The first-order valence-electron chi connectivity index (χ1n) is 7.68. The third kappa shape index (κ3) is 4.43. The van der Waals surface area contributed by atoms with Gasteiger partial charge in [-0.3, -0.25) is 9.48 Å². The number of nitrogens with zero attached hydrogens (tertiary/aromatic N) is 3. The molecule has 23 heavy (non-hydrogen) atoms. The molecule has 0 bridgehead atoms. The number of thioether (sulfide) groups is 1. The van der Waals surface area contributed by atoms with Crippen molar-refractivity contribution in [1.82, 2.24) is 14.7 Å². The van der Waals surface area contributed by atoms with E-state index in [4.69, 9.17) is 0 Å². The molecule has 2 heterocycles. The van der Waals surface area contributed by atoms with E-state index in [1.807, 2.05) is 16.7 Å². The average Bonchev–Trinajstić information content (AvgIpc) is 2.66. The number of aryl methyl sites for hydroxylation is 1. The van der Waals surface area contributed by atoms with Gasteiger partial charge in [-0.05, 0) is 32.9 Å². The van der Waals surface area contributed by atoms with E-state index < -0.39 is 18.6 Å². The first-order valence-corrected chi connectivity index (χ1v) is 8.83. The molecule has 1 unspecified atom stereocenters. The molecule has 4 nitrogen and oxygen atoms in total. The van der Waals surface area contributed by atoms with E-state index in [1.165, 1.54) is 0 Å². The Morgan fingerprint density at radius 1 is 1.30 bits per heavy atom. The molecule has 1 amide bonds. The van der Waals surface area contributed by atoms with Gasteiger partial charge in [0.05, 0.1) is 11.6 Å². The second-order valence-electron chi connectivity index (χ2n) is 5.87. The minimum Gasteiger partial charge on any atom is -0.341 e. The van der Waals surface area contributed by atoms with Gasteiger partial charge < -0.3 is 4.90 Å².